The number of nitrogens with one attached hydrogen (secondary N) is 2. The van der Waals surface area contributed by atoms with Gasteiger partial charge >= 0.3 is 0 Å². The number of aromatic amines is 1. The Labute approximate surface area is 143 Å². The van der Waals surface area contributed by atoms with E-state index in [1.165, 1.54) is 6.20 Å². The molecule has 6 nitrogen and oxygen atoms in total. The van der Waals surface area contributed by atoms with Crippen LogP contribution >= 0.6 is 0 Å². The van der Waals surface area contributed by atoms with E-state index >= 15 is 0 Å². The van der Waals surface area contributed by atoms with Crippen LogP contribution in [0.5, 0.6) is 0 Å². The second-order valence-corrected chi connectivity index (χ2v) is 5.85. The molecule has 1 amide bonds. The highest BCUT2D eigenvalue weighted by atomic mass is 16.3. The third kappa shape index (κ3) is 2.89. The maximum absolute atomic E-state index is 12.2. The summed E-state index contributed by atoms with van der Waals surface area (Å²) in [6.07, 6.45) is 1.51. The predicted octanol–water partition coefficient (Wildman–Crippen LogP) is 4.09. The van der Waals surface area contributed by atoms with Crippen LogP contribution in [0.4, 0.5) is 5.69 Å². The van der Waals surface area contributed by atoms with Gasteiger partial charge in [0.1, 0.15) is 17.0 Å². The number of benzene rings is 2. The van der Waals surface area contributed by atoms with Gasteiger partial charge in [-0.25, -0.2) is 9.97 Å². The van der Waals surface area contributed by atoms with Crippen molar-refractivity contribution in [1.82, 2.24) is 15.0 Å². The van der Waals surface area contributed by atoms with E-state index in [0.29, 0.717) is 28.7 Å². The summed E-state index contributed by atoms with van der Waals surface area (Å²) in [6.45, 7) is 3.81. The molecule has 124 valence electrons. The molecular formula is C19H16N4O2. The van der Waals surface area contributed by atoms with Crippen LogP contribution < -0.4 is 5.32 Å². The van der Waals surface area contributed by atoms with E-state index in [4.69, 9.17) is 4.42 Å². The number of nitrogens with zero attached hydrogens (tertiary/aromatic N) is 2. The highest BCUT2D eigenvalue weighted by molar-refractivity contribution is 6.03. The number of aromatic nitrogens is 3. The standard InChI is InChI=1S/C19H16N4O2/c1-11-5-3-4-6-14(11)19-23-15-8-7-13(9-17(15)25-19)22-18(24)16-10-20-12(2)21-16/h3-10H,1-2H3,(H,20,21)(H,22,24). The van der Waals surface area contributed by atoms with Gasteiger partial charge in [-0.3, -0.25) is 4.79 Å². The molecule has 0 fully saturated rings. The minimum atomic E-state index is -0.251. The van der Waals surface area contributed by atoms with Gasteiger partial charge in [-0.2, -0.15) is 0 Å². The summed E-state index contributed by atoms with van der Waals surface area (Å²) in [7, 11) is 0. The summed E-state index contributed by atoms with van der Waals surface area (Å²) < 4.78 is 5.88. The van der Waals surface area contributed by atoms with E-state index in [9.17, 15) is 4.79 Å². The van der Waals surface area contributed by atoms with Crippen molar-refractivity contribution in [3.05, 3.63) is 65.7 Å². The molecule has 25 heavy (non-hydrogen) atoms. The van der Waals surface area contributed by atoms with Crippen LogP contribution in [-0.2, 0) is 0 Å². The summed E-state index contributed by atoms with van der Waals surface area (Å²) >= 11 is 0. The molecule has 2 aromatic heterocycles. The topological polar surface area (TPSA) is 83.8 Å². The first-order valence-corrected chi connectivity index (χ1v) is 7.90. The van der Waals surface area contributed by atoms with Gasteiger partial charge < -0.3 is 14.7 Å². The minimum Gasteiger partial charge on any atom is -0.436 e. The number of fused-ring (bicyclic) bond motifs is 1. The Bertz CT molecular complexity index is 1080. The lowest BCUT2D eigenvalue weighted by Gasteiger charge is -2.02. The quantitative estimate of drug-likeness (QED) is 0.592. The number of oxazole rings is 1. The number of H-pyrrole nitrogens is 1. The highest BCUT2D eigenvalue weighted by Gasteiger charge is 2.13. The van der Waals surface area contributed by atoms with Crippen molar-refractivity contribution in [3.63, 3.8) is 0 Å². The number of carbonyl (C=O) groups is 1. The van der Waals surface area contributed by atoms with Crippen molar-refractivity contribution in [3.8, 4) is 11.5 Å². The molecule has 0 radical (unpaired) electrons. The summed E-state index contributed by atoms with van der Waals surface area (Å²) in [4.78, 5) is 23.7. The summed E-state index contributed by atoms with van der Waals surface area (Å²) in [5.41, 5.74) is 4.47. The molecule has 0 spiro atoms. The number of amides is 1. The zero-order valence-corrected chi connectivity index (χ0v) is 13.8. The van der Waals surface area contributed by atoms with E-state index in [0.717, 1.165) is 16.6 Å². The maximum atomic E-state index is 12.2. The number of hydrogen-bond donors (Lipinski definition) is 2. The van der Waals surface area contributed by atoms with E-state index in [2.05, 4.69) is 20.3 Å². The third-order valence-electron chi connectivity index (χ3n) is 3.97. The van der Waals surface area contributed by atoms with Crippen LogP contribution in [0.15, 0.2) is 53.1 Å². The molecule has 0 atom stereocenters. The van der Waals surface area contributed by atoms with E-state index in [1.807, 2.05) is 37.3 Å². The van der Waals surface area contributed by atoms with Crippen LogP contribution in [0.3, 0.4) is 0 Å². The van der Waals surface area contributed by atoms with Crippen LogP contribution in [0.1, 0.15) is 21.9 Å². The molecule has 0 saturated heterocycles. The average Bonchev–Trinajstić information content (AvgIpc) is 3.21. The number of anilines is 1. The Morgan fingerprint density at radius 2 is 2.00 bits per heavy atom. The summed E-state index contributed by atoms with van der Waals surface area (Å²) in [6, 6.07) is 13.3. The molecule has 0 bridgehead atoms. The van der Waals surface area contributed by atoms with E-state index in [-0.39, 0.29) is 5.91 Å². The largest absolute Gasteiger partial charge is 0.436 e. The van der Waals surface area contributed by atoms with Gasteiger partial charge in [0.15, 0.2) is 5.58 Å². The number of aryl methyl sites for hydroxylation is 2. The lowest BCUT2D eigenvalue weighted by molar-refractivity contribution is 0.102. The molecule has 2 aromatic carbocycles. The van der Waals surface area contributed by atoms with Crippen LogP contribution in [0.25, 0.3) is 22.6 Å². The predicted molar refractivity (Wildman–Crippen MR) is 95.5 cm³/mol. The van der Waals surface area contributed by atoms with Crippen molar-refractivity contribution < 1.29 is 9.21 Å². The Kier molecular flexibility index (Phi) is 3.57. The monoisotopic (exact) mass is 332 g/mol. The number of rotatable bonds is 3. The van der Waals surface area contributed by atoms with Gasteiger partial charge in [0.2, 0.25) is 5.89 Å². The van der Waals surface area contributed by atoms with Gasteiger partial charge in [0.05, 0.1) is 6.20 Å². The van der Waals surface area contributed by atoms with Crippen molar-refractivity contribution in [2.24, 2.45) is 0 Å². The Balaban J connectivity index is 1.64. The summed E-state index contributed by atoms with van der Waals surface area (Å²) in [5.74, 6) is 1.01. The molecule has 0 unspecified atom stereocenters. The first kappa shape index (κ1) is 15.1. The number of hydrogen-bond acceptors (Lipinski definition) is 4. The normalized spacial score (nSPS) is 11.0. The molecule has 0 saturated carbocycles. The Morgan fingerprint density at radius 3 is 2.76 bits per heavy atom. The average molecular weight is 332 g/mol. The molecule has 2 N–H and O–H groups in total. The molecule has 0 aliphatic rings. The minimum absolute atomic E-state index is 0.251. The Hall–Kier alpha value is -3.41. The maximum Gasteiger partial charge on any atom is 0.273 e. The molecule has 0 aliphatic carbocycles. The first-order chi connectivity index (χ1) is 12.1. The lowest BCUT2D eigenvalue weighted by atomic mass is 10.1. The van der Waals surface area contributed by atoms with E-state index < -0.39 is 0 Å². The molecule has 2 heterocycles. The second kappa shape index (κ2) is 5.90. The van der Waals surface area contributed by atoms with Gasteiger partial charge in [-0.05, 0) is 37.6 Å². The van der Waals surface area contributed by atoms with Gasteiger partial charge in [-0.1, -0.05) is 18.2 Å². The molecule has 4 rings (SSSR count). The van der Waals surface area contributed by atoms with Gasteiger partial charge in [0.25, 0.3) is 5.91 Å². The molecule has 4 aromatic rings. The van der Waals surface area contributed by atoms with Crippen molar-refractivity contribution in [1.29, 1.82) is 0 Å². The fourth-order valence-electron chi connectivity index (χ4n) is 2.67. The fraction of sp³-hybridized carbons (Fsp3) is 0.105. The summed E-state index contributed by atoms with van der Waals surface area (Å²) in [5, 5.41) is 2.83. The highest BCUT2D eigenvalue weighted by Crippen LogP contribution is 2.28. The molecule has 0 aliphatic heterocycles. The lowest BCUT2D eigenvalue weighted by Crippen LogP contribution is -2.12. The fourth-order valence-corrected chi connectivity index (χ4v) is 2.67. The molecule has 6 heteroatoms. The van der Waals surface area contributed by atoms with E-state index in [1.54, 1.807) is 19.1 Å². The van der Waals surface area contributed by atoms with Gasteiger partial charge in [-0.15, -0.1) is 0 Å². The van der Waals surface area contributed by atoms with Crippen molar-refractivity contribution in [2.45, 2.75) is 13.8 Å². The first-order valence-electron chi connectivity index (χ1n) is 7.90. The zero-order valence-electron chi connectivity index (χ0n) is 13.8. The van der Waals surface area contributed by atoms with Gasteiger partial charge in [0, 0.05) is 17.3 Å². The van der Waals surface area contributed by atoms with Crippen LogP contribution in [-0.4, -0.2) is 20.9 Å². The number of imidazole rings is 1. The zero-order chi connectivity index (χ0) is 17.4. The number of carbonyl (C=O) groups excluding carboxylic acids is 1. The van der Waals surface area contributed by atoms with Crippen LogP contribution in [0.2, 0.25) is 0 Å². The van der Waals surface area contributed by atoms with Crippen LogP contribution in [0, 0.1) is 13.8 Å². The smallest absolute Gasteiger partial charge is 0.273 e. The SMILES string of the molecule is Cc1ncc(C(=O)Nc2ccc3nc(-c4ccccc4C)oc3c2)[nH]1. The van der Waals surface area contributed by atoms with Crippen molar-refractivity contribution in [2.75, 3.05) is 5.32 Å². The van der Waals surface area contributed by atoms with Crippen molar-refractivity contribution >= 4 is 22.7 Å². The molecular weight excluding hydrogens is 316 g/mol. The third-order valence-corrected chi connectivity index (χ3v) is 3.97. The Morgan fingerprint density at radius 1 is 1.16 bits per heavy atom. The second-order valence-electron chi connectivity index (χ2n) is 5.85.